The van der Waals surface area contributed by atoms with Crippen molar-refractivity contribution in [3.63, 3.8) is 0 Å². The van der Waals surface area contributed by atoms with Crippen molar-refractivity contribution >= 4 is 40.8 Å². The van der Waals surface area contributed by atoms with Crippen molar-refractivity contribution in [2.75, 3.05) is 10.6 Å². The van der Waals surface area contributed by atoms with Gasteiger partial charge >= 0.3 is 12.2 Å². The Kier molecular flexibility index (Phi) is 8.45. The summed E-state index contributed by atoms with van der Waals surface area (Å²) in [5, 5.41) is 4.32. The van der Waals surface area contributed by atoms with Crippen molar-refractivity contribution in [1.82, 2.24) is 20.8 Å². The summed E-state index contributed by atoms with van der Waals surface area (Å²) in [6.07, 6.45) is -0.450. The fourth-order valence-electron chi connectivity index (χ4n) is 3.21. The van der Waals surface area contributed by atoms with Crippen LogP contribution >= 0.6 is 11.6 Å². The highest BCUT2D eigenvalue weighted by Crippen LogP contribution is 2.36. The Morgan fingerprint density at radius 3 is 2.10 bits per heavy atom. The van der Waals surface area contributed by atoms with E-state index in [4.69, 9.17) is 16.3 Å². The van der Waals surface area contributed by atoms with Gasteiger partial charge in [0.1, 0.15) is 17.2 Å². The number of benzene rings is 2. The summed E-state index contributed by atoms with van der Waals surface area (Å²) in [5.41, 5.74) is 3.97. The lowest BCUT2D eigenvalue weighted by molar-refractivity contribution is -0.137. The van der Waals surface area contributed by atoms with Crippen LogP contribution in [0.15, 0.2) is 85.3 Å². The van der Waals surface area contributed by atoms with Crippen LogP contribution in [-0.4, -0.2) is 27.8 Å². The zero-order valence-electron chi connectivity index (χ0n) is 20.1. The van der Waals surface area contributed by atoms with Crippen LogP contribution < -0.4 is 26.2 Å². The van der Waals surface area contributed by atoms with E-state index in [1.54, 1.807) is 0 Å². The Morgan fingerprint density at radius 2 is 1.40 bits per heavy atom. The number of carbonyl (C=O) groups excluding carboxylic acids is 3. The van der Waals surface area contributed by atoms with E-state index in [1.807, 2.05) is 0 Å². The lowest BCUT2D eigenvalue weighted by Gasteiger charge is -2.12. The first-order chi connectivity index (χ1) is 19.1. The topological polar surface area (TPSA) is 134 Å². The van der Waals surface area contributed by atoms with Gasteiger partial charge in [-0.15, -0.1) is 0 Å². The van der Waals surface area contributed by atoms with Crippen LogP contribution in [0.4, 0.5) is 29.3 Å². The molecular weight excluding hydrogens is 553 g/mol. The molecule has 0 unspecified atom stereocenters. The fraction of sp³-hybridized carbons (Fsp3) is 0.0385. The lowest BCUT2D eigenvalue weighted by Crippen LogP contribution is -2.41. The molecule has 0 bridgehead atoms. The molecule has 4 amide bonds. The molecule has 2 aromatic heterocycles. The summed E-state index contributed by atoms with van der Waals surface area (Å²) in [6.45, 7) is 0. The molecule has 2 heterocycles. The number of nitrogens with one attached hydrogen (secondary N) is 4. The Morgan fingerprint density at radius 1 is 0.750 bits per heavy atom. The van der Waals surface area contributed by atoms with Crippen molar-refractivity contribution in [3.05, 3.63) is 107 Å². The van der Waals surface area contributed by atoms with E-state index in [-0.39, 0.29) is 17.1 Å². The first-order valence-corrected chi connectivity index (χ1v) is 11.7. The Labute approximate surface area is 229 Å². The number of nitrogens with zero attached hydrogens (tertiary/aromatic N) is 2. The second-order valence-corrected chi connectivity index (χ2v) is 8.33. The number of amides is 4. The summed E-state index contributed by atoms with van der Waals surface area (Å²) in [4.78, 5) is 44.5. The van der Waals surface area contributed by atoms with Gasteiger partial charge in [-0.2, -0.15) is 13.2 Å². The molecule has 2 aromatic carbocycles. The molecular formula is C26H18ClF3N6O4. The molecule has 4 N–H and O–H groups in total. The van der Waals surface area contributed by atoms with Gasteiger partial charge in [-0.1, -0.05) is 11.6 Å². The number of hydrogen-bond acceptors (Lipinski definition) is 6. The van der Waals surface area contributed by atoms with E-state index >= 15 is 0 Å². The largest absolute Gasteiger partial charge is 0.457 e. The highest BCUT2D eigenvalue weighted by atomic mass is 35.5. The van der Waals surface area contributed by atoms with Crippen molar-refractivity contribution in [3.8, 4) is 11.5 Å². The second kappa shape index (κ2) is 12.1. The number of hydrazine groups is 1. The van der Waals surface area contributed by atoms with E-state index in [2.05, 4.69) is 31.5 Å². The van der Waals surface area contributed by atoms with Gasteiger partial charge in [0.2, 0.25) is 0 Å². The molecule has 0 fully saturated rings. The average molecular weight is 571 g/mol. The van der Waals surface area contributed by atoms with Crippen LogP contribution in [0.25, 0.3) is 0 Å². The van der Waals surface area contributed by atoms with Gasteiger partial charge in [-0.3, -0.25) is 30.4 Å². The SMILES string of the molecule is O=C(Nc1ccc(Oc2ccnc(C(=O)NNC(=O)c3ccncc3)c2)cc1)Nc1ccc(Cl)c(C(F)(F)F)c1. The van der Waals surface area contributed by atoms with E-state index in [1.165, 1.54) is 73.2 Å². The number of alkyl halides is 3. The quantitative estimate of drug-likeness (QED) is 0.221. The monoisotopic (exact) mass is 570 g/mol. The minimum absolute atomic E-state index is 0.0293. The summed E-state index contributed by atoms with van der Waals surface area (Å²) < 4.78 is 44.8. The minimum Gasteiger partial charge on any atom is -0.457 e. The maximum atomic E-state index is 13.0. The van der Waals surface area contributed by atoms with Gasteiger partial charge in [-0.25, -0.2) is 4.79 Å². The number of rotatable bonds is 6. The number of carbonyl (C=O) groups is 3. The van der Waals surface area contributed by atoms with Crippen molar-refractivity contribution in [1.29, 1.82) is 0 Å². The molecule has 0 aliphatic rings. The summed E-state index contributed by atoms with van der Waals surface area (Å²) in [6, 6.07) is 14.1. The van der Waals surface area contributed by atoms with E-state index in [0.29, 0.717) is 17.0 Å². The molecule has 0 aliphatic heterocycles. The molecule has 0 radical (unpaired) electrons. The Hall–Kier alpha value is -5.17. The molecule has 0 saturated carbocycles. The predicted molar refractivity (Wildman–Crippen MR) is 139 cm³/mol. The number of urea groups is 1. The van der Waals surface area contributed by atoms with Gasteiger partial charge in [0.05, 0.1) is 10.6 Å². The maximum Gasteiger partial charge on any atom is 0.417 e. The lowest BCUT2D eigenvalue weighted by atomic mass is 10.2. The number of hydrogen-bond donors (Lipinski definition) is 4. The predicted octanol–water partition coefficient (Wildman–Crippen LogP) is 5.66. The third-order valence-electron chi connectivity index (χ3n) is 5.07. The van der Waals surface area contributed by atoms with Crippen LogP contribution in [0.5, 0.6) is 11.5 Å². The van der Waals surface area contributed by atoms with Crippen LogP contribution in [0.3, 0.4) is 0 Å². The standard InChI is InChI=1S/C26H18ClF3N6O4/c27-21-6-3-17(13-20(21)26(28,29)30)34-25(39)33-16-1-4-18(5-2-16)40-19-9-12-32-22(14-19)24(38)36-35-23(37)15-7-10-31-11-8-15/h1-14H,(H,35,37)(H,36,38)(H2,33,34,39). The maximum absolute atomic E-state index is 13.0. The summed E-state index contributed by atoms with van der Waals surface area (Å²) in [5.74, 6) is -0.601. The molecule has 0 spiro atoms. The van der Waals surface area contributed by atoms with Crippen LogP contribution in [-0.2, 0) is 6.18 Å². The molecule has 4 rings (SSSR count). The summed E-state index contributed by atoms with van der Waals surface area (Å²) >= 11 is 5.59. The molecule has 0 saturated heterocycles. The van der Waals surface area contributed by atoms with Crippen molar-refractivity contribution < 1.29 is 32.3 Å². The Bertz CT molecular complexity index is 1540. The van der Waals surface area contributed by atoms with Gasteiger partial charge in [-0.05, 0) is 60.7 Å². The minimum atomic E-state index is -4.67. The average Bonchev–Trinajstić information content (AvgIpc) is 2.93. The molecule has 0 aliphatic carbocycles. The van der Waals surface area contributed by atoms with Gasteiger partial charge in [0.25, 0.3) is 11.8 Å². The van der Waals surface area contributed by atoms with E-state index in [0.717, 1.165) is 12.1 Å². The van der Waals surface area contributed by atoms with Gasteiger partial charge in [0.15, 0.2) is 0 Å². The van der Waals surface area contributed by atoms with Crippen molar-refractivity contribution in [2.24, 2.45) is 0 Å². The number of anilines is 2. The zero-order valence-corrected chi connectivity index (χ0v) is 20.9. The third kappa shape index (κ3) is 7.45. The highest BCUT2D eigenvalue weighted by molar-refractivity contribution is 6.31. The second-order valence-electron chi connectivity index (χ2n) is 7.92. The van der Waals surface area contributed by atoms with Crippen LogP contribution in [0, 0.1) is 0 Å². The number of pyridine rings is 2. The third-order valence-corrected chi connectivity index (χ3v) is 5.40. The fourth-order valence-corrected chi connectivity index (χ4v) is 3.43. The van der Waals surface area contributed by atoms with Crippen LogP contribution in [0.1, 0.15) is 26.4 Å². The molecule has 10 nitrogen and oxygen atoms in total. The molecule has 14 heteroatoms. The Balaban J connectivity index is 1.32. The number of ether oxygens (including phenoxy) is 1. The molecule has 40 heavy (non-hydrogen) atoms. The molecule has 204 valence electrons. The van der Waals surface area contributed by atoms with Gasteiger partial charge < -0.3 is 15.4 Å². The normalized spacial score (nSPS) is 10.8. The zero-order chi connectivity index (χ0) is 28.7. The highest BCUT2D eigenvalue weighted by Gasteiger charge is 2.33. The molecule has 4 aromatic rings. The van der Waals surface area contributed by atoms with E-state index < -0.39 is 34.6 Å². The first kappa shape index (κ1) is 27.9. The number of aromatic nitrogens is 2. The van der Waals surface area contributed by atoms with Crippen molar-refractivity contribution in [2.45, 2.75) is 6.18 Å². The smallest absolute Gasteiger partial charge is 0.417 e. The first-order valence-electron chi connectivity index (χ1n) is 11.3. The number of halogens is 4. The molecule has 0 atom stereocenters. The summed E-state index contributed by atoms with van der Waals surface area (Å²) in [7, 11) is 0. The van der Waals surface area contributed by atoms with Crippen LogP contribution in [0.2, 0.25) is 5.02 Å². The van der Waals surface area contributed by atoms with Gasteiger partial charge in [0, 0.05) is 41.6 Å². The van der Waals surface area contributed by atoms with E-state index in [9.17, 15) is 27.6 Å².